The van der Waals surface area contributed by atoms with E-state index >= 15 is 0 Å². The van der Waals surface area contributed by atoms with Gasteiger partial charge in [0.25, 0.3) is 0 Å². The second-order valence-corrected chi connectivity index (χ2v) is 5.99. The number of pyridine rings is 1. The number of hydrogen-bond donors (Lipinski definition) is 1. The monoisotopic (exact) mass is 273 g/mol. The van der Waals surface area contributed by atoms with Crippen LogP contribution in [0.2, 0.25) is 0 Å². The predicted molar refractivity (Wildman–Crippen MR) is 77.4 cm³/mol. The zero-order chi connectivity index (χ0) is 15.0. The molecule has 2 heterocycles. The Kier molecular flexibility index (Phi) is 3.87. The molecule has 1 aliphatic rings. The first kappa shape index (κ1) is 15.0. The van der Waals surface area contributed by atoms with Crippen LogP contribution >= 0.6 is 0 Å². The van der Waals surface area contributed by atoms with Gasteiger partial charge in [0, 0.05) is 30.0 Å². The number of nitriles is 1. The fourth-order valence-electron chi connectivity index (χ4n) is 2.13. The van der Waals surface area contributed by atoms with Crippen molar-refractivity contribution in [3.63, 3.8) is 0 Å². The molecular formula is C14H20BN3O2. The fourth-order valence-corrected chi connectivity index (χ4v) is 2.13. The van der Waals surface area contributed by atoms with Crippen LogP contribution in [0.5, 0.6) is 0 Å². The Balaban J connectivity index is 2.41. The van der Waals surface area contributed by atoms with Gasteiger partial charge in [0.2, 0.25) is 0 Å². The van der Waals surface area contributed by atoms with E-state index in [9.17, 15) is 5.26 Å². The van der Waals surface area contributed by atoms with Gasteiger partial charge in [0.15, 0.2) is 0 Å². The summed E-state index contributed by atoms with van der Waals surface area (Å²) in [5.74, 6) is 0. The molecule has 0 spiro atoms. The average Bonchev–Trinajstić information content (AvgIpc) is 2.58. The molecule has 0 radical (unpaired) electrons. The largest absolute Gasteiger partial charge is 0.497 e. The van der Waals surface area contributed by atoms with E-state index in [1.54, 1.807) is 12.4 Å². The van der Waals surface area contributed by atoms with Crippen LogP contribution in [0.15, 0.2) is 12.4 Å². The molecule has 2 rings (SSSR count). The van der Waals surface area contributed by atoms with Gasteiger partial charge in [0.1, 0.15) is 0 Å². The molecule has 6 heteroatoms. The van der Waals surface area contributed by atoms with Gasteiger partial charge in [-0.05, 0) is 34.7 Å². The quantitative estimate of drug-likeness (QED) is 0.831. The van der Waals surface area contributed by atoms with E-state index in [4.69, 9.17) is 9.31 Å². The van der Waals surface area contributed by atoms with Crippen LogP contribution in [-0.4, -0.2) is 30.4 Å². The number of nitrogens with one attached hydrogen (secondary N) is 1. The molecule has 0 amide bonds. The fraction of sp³-hybridized carbons (Fsp3) is 0.571. The van der Waals surface area contributed by atoms with E-state index in [0.29, 0.717) is 17.6 Å². The number of rotatable bonds is 3. The molecule has 106 valence electrons. The topological polar surface area (TPSA) is 67.2 Å². The second kappa shape index (κ2) is 5.17. The molecule has 0 aromatic carbocycles. The van der Waals surface area contributed by atoms with Gasteiger partial charge in [-0.15, -0.1) is 0 Å². The van der Waals surface area contributed by atoms with Crippen LogP contribution in [0.1, 0.15) is 38.8 Å². The second-order valence-electron chi connectivity index (χ2n) is 5.99. The van der Waals surface area contributed by atoms with Crippen LogP contribution in [-0.2, 0) is 15.9 Å². The van der Waals surface area contributed by atoms with Crippen molar-refractivity contribution in [2.75, 3.05) is 7.05 Å². The highest BCUT2D eigenvalue weighted by Crippen LogP contribution is 2.36. The molecule has 20 heavy (non-hydrogen) atoms. The summed E-state index contributed by atoms with van der Waals surface area (Å²) in [5.41, 5.74) is 1.27. The first-order valence-corrected chi connectivity index (χ1v) is 6.69. The van der Waals surface area contributed by atoms with Gasteiger partial charge in [-0.25, -0.2) is 0 Å². The van der Waals surface area contributed by atoms with E-state index in [-0.39, 0.29) is 0 Å². The van der Waals surface area contributed by atoms with E-state index in [0.717, 1.165) is 5.56 Å². The molecule has 1 aromatic rings. The van der Waals surface area contributed by atoms with Crippen molar-refractivity contribution in [1.29, 1.82) is 5.26 Å². The Labute approximate surface area is 120 Å². The van der Waals surface area contributed by atoms with Crippen molar-refractivity contribution in [1.82, 2.24) is 10.3 Å². The number of aromatic nitrogens is 1. The molecule has 0 unspecified atom stereocenters. The molecular weight excluding hydrogens is 253 g/mol. The standard InChI is InChI=1S/C14H20BN3O2/c1-13(2)14(3,4)20-15(19-13)12-9-18-8-10(7-17-5)11(12)6-16/h8-9,17H,7H2,1-5H3. The lowest BCUT2D eigenvalue weighted by atomic mass is 9.76. The van der Waals surface area contributed by atoms with E-state index < -0.39 is 18.3 Å². The highest BCUT2D eigenvalue weighted by atomic mass is 16.7. The normalized spacial score (nSPS) is 19.9. The van der Waals surface area contributed by atoms with Gasteiger partial charge in [0.05, 0.1) is 22.8 Å². The predicted octanol–water partition coefficient (Wildman–Crippen LogP) is 0.972. The van der Waals surface area contributed by atoms with Crippen molar-refractivity contribution in [2.24, 2.45) is 0 Å². The maximum Gasteiger partial charge on any atom is 0.497 e. The summed E-state index contributed by atoms with van der Waals surface area (Å²) in [7, 11) is 1.28. The molecule has 0 saturated carbocycles. The van der Waals surface area contributed by atoms with Crippen molar-refractivity contribution < 1.29 is 9.31 Å². The SMILES string of the molecule is CNCc1cncc(B2OC(C)(C)C(C)(C)O2)c1C#N. The molecule has 1 aromatic heterocycles. The summed E-state index contributed by atoms with van der Waals surface area (Å²) in [6.45, 7) is 8.55. The summed E-state index contributed by atoms with van der Waals surface area (Å²) in [6.07, 6.45) is 3.35. The lowest BCUT2D eigenvalue weighted by Gasteiger charge is -2.32. The molecule has 0 aliphatic carbocycles. The maximum atomic E-state index is 9.43. The van der Waals surface area contributed by atoms with Crippen molar-refractivity contribution in [3.05, 3.63) is 23.5 Å². The number of nitrogens with zero attached hydrogens (tertiary/aromatic N) is 2. The Morgan fingerprint density at radius 3 is 2.35 bits per heavy atom. The van der Waals surface area contributed by atoms with E-state index in [2.05, 4.69) is 16.4 Å². The zero-order valence-electron chi connectivity index (χ0n) is 12.7. The minimum absolute atomic E-state index is 0.427. The molecule has 1 aliphatic heterocycles. The lowest BCUT2D eigenvalue weighted by molar-refractivity contribution is 0.00578. The summed E-state index contributed by atoms with van der Waals surface area (Å²) in [4.78, 5) is 4.20. The first-order valence-electron chi connectivity index (χ1n) is 6.69. The smallest absolute Gasteiger partial charge is 0.399 e. The van der Waals surface area contributed by atoms with Gasteiger partial charge in [-0.1, -0.05) is 0 Å². The zero-order valence-corrected chi connectivity index (χ0v) is 12.7. The summed E-state index contributed by atoms with van der Waals surface area (Å²) >= 11 is 0. The minimum atomic E-state index is -0.557. The van der Waals surface area contributed by atoms with Gasteiger partial charge in [-0.2, -0.15) is 5.26 Å². The first-order chi connectivity index (χ1) is 9.32. The summed E-state index contributed by atoms with van der Waals surface area (Å²) < 4.78 is 12.0. The summed E-state index contributed by atoms with van der Waals surface area (Å²) in [6, 6.07) is 2.24. The highest BCUT2D eigenvalue weighted by molar-refractivity contribution is 6.62. The molecule has 0 atom stereocenters. The average molecular weight is 273 g/mol. The van der Waals surface area contributed by atoms with Crippen LogP contribution in [0.4, 0.5) is 0 Å². The van der Waals surface area contributed by atoms with Crippen molar-refractivity contribution >= 4 is 12.6 Å². The van der Waals surface area contributed by atoms with Gasteiger partial charge >= 0.3 is 7.12 Å². The van der Waals surface area contributed by atoms with Crippen LogP contribution in [0.25, 0.3) is 0 Å². The molecule has 1 fully saturated rings. The highest BCUT2D eigenvalue weighted by Gasteiger charge is 2.52. The third-order valence-corrected chi connectivity index (χ3v) is 4.04. The minimum Gasteiger partial charge on any atom is -0.399 e. The van der Waals surface area contributed by atoms with Gasteiger partial charge in [-0.3, -0.25) is 4.98 Å². The van der Waals surface area contributed by atoms with E-state index in [1.807, 2.05) is 34.7 Å². The van der Waals surface area contributed by atoms with Crippen molar-refractivity contribution in [3.8, 4) is 6.07 Å². The van der Waals surface area contributed by atoms with Gasteiger partial charge < -0.3 is 14.6 Å². The molecule has 5 nitrogen and oxygen atoms in total. The van der Waals surface area contributed by atoms with Crippen molar-refractivity contribution in [2.45, 2.75) is 45.4 Å². The molecule has 1 saturated heterocycles. The van der Waals surface area contributed by atoms with Crippen LogP contribution < -0.4 is 10.8 Å². The Morgan fingerprint density at radius 1 is 1.25 bits per heavy atom. The summed E-state index contributed by atoms with van der Waals surface area (Å²) in [5, 5.41) is 12.5. The molecule has 0 bridgehead atoms. The Morgan fingerprint density at radius 2 is 1.85 bits per heavy atom. The Hall–Kier alpha value is -1.42. The Bertz CT molecular complexity index is 536. The van der Waals surface area contributed by atoms with Crippen LogP contribution in [0, 0.1) is 11.3 Å². The maximum absolute atomic E-state index is 9.43. The lowest BCUT2D eigenvalue weighted by Crippen LogP contribution is -2.41. The van der Waals surface area contributed by atoms with E-state index in [1.165, 1.54) is 0 Å². The number of hydrogen-bond acceptors (Lipinski definition) is 5. The third kappa shape index (κ3) is 2.45. The van der Waals surface area contributed by atoms with Crippen LogP contribution in [0.3, 0.4) is 0 Å². The molecule has 1 N–H and O–H groups in total. The third-order valence-electron chi connectivity index (χ3n) is 4.04.